The maximum absolute atomic E-state index is 11.7. The average Bonchev–Trinajstić information content (AvgIpc) is 2.43. The second kappa shape index (κ2) is 6.43. The highest BCUT2D eigenvalue weighted by molar-refractivity contribution is 5.96. The summed E-state index contributed by atoms with van der Waals surface area (Å²) in [5, 5.41) is 0.599. The molecule has 22 heavy (non-hydrogen) atoms. The number of carbonyl (C=O) groups excluding carboxylic acids is 2. The molecule has 0 unspecified atom stereocenters. The Morgan fingerprint density at radius 2 is 1.95 bits per heavy atom. The first-order chi connectivity index (χ1) is 10.4. The number of hydrogen-bond acceptors (Lipinski definition) is 6. The minimum absolute atomic E-state index is 0.00156. The van der Waals surface area contributed by atoms with Crippen LogP contribution in [-0.4, -0.2) is 24.5 Å². The Morgan fingerprint density at radius 1 is 1.23 bits per heavy atom. The van der Waals surface area contributed by atoms with E-state index in [2.05, 4.69) is 0 Å². The van der Waals surface area contributed by atoms with Gasteiger partial charge in [0.25, 0.3) is 0 Å². The summed E-state index contributed by atoms with van der Waals surface area (Å²) in [5.74, 6) is -0.470. The van der Waals surface area contributed by atoms with Crippen LogP contribution in [0.3, 0.4) is 0 Å². The molecule has 1 aromatic heterocycles. The van der Waals surface area contributed by atoms with E-state index >= 15 is 0 Å². The van der Waals surface area contributed by atoms with Crippen LogP contribution in [0.15, 0.2) is 33.5 Å². The molecule has 0 N–H and O–H groups in total. The van der Waals surface area contributed by atoms with Gasteiger partial charge in [0.15, 0.2) is 12.4 Å². The summed E-state index contributed by atoms with van der Waals surface area (Å²) in [6.07, 6.45) is -0.212. The number of hydrogen-bond donors (Lipinski definition) is 0. The summed E-state index contributed by atoms with van der Waals surface area (Å²) >= 11 is 0. The lowest BCUT2D eigenvalue weighted by Crippen LogP contribution is -2.18. The second-order valence-corrected chi connectivity index (χ2v) is 5.03. The molecule has 2 aromatic rings. The molecule has 0 saturated carbocycles. The molecule has 0 aliphatic rings. The molecular formula is C16H16O6. The zero-order valence-corrected chi connectivity index (χ0v) is 12.5. The van der Waals surface area contributed by atoms with Crippen molar-refractivity contribution in [3.63, 3.8) is 0 Å². The Morgan fingerprint density at radius 3 is 2.59 bits per heavy atom. The highest BCUT2D eigenvalue weighted by Gasteiger charge is 2.11. The van der Waals surface area contributed by atoms with Gasteiger partial charge in [0, 0.05) is 11.5 Å². The molecule has 116 valence electrons. The largest absolute Gasteiger partial charge is 0.482 e. The molecule has 0 amide bonds. The maximum Gasteiger partial charge on any atom is 0.347 e. The van der Waals surface area contributed by atoms with Crippen LogP contribution in [0.25, 0.3) is 11.0 Å². The molecule has 0 fully saturated rings. The van der Waals surface area contributed by atoms with Crippen molar-refractivity contribution in [2.45, 2.75) is 26.9 Å². The van der Waals surface area contributed by atoms with Crippen LogP contribution < -0.4 is 10.4 Å². The van der Waals surface area contributed by atoms with Gasteiger partial charge in [-0.15, -0.1) is 0 Å². The third kappa shape index (κ3) is 3.72. The average molecular weight is 304 g/mol. The SMILES string of the molecule is CC(=O)c1cc2ccc(OCC(=O)OC(C)C)cc2oc1=O. The van der Waals surface area contributed by atoms with Gasteiger partial charge in [-0.25, -0.2) is 9.59 Å². The van der Waals surface area contributed by atoms with Gasteiger partial charge in [-0.2, -0.15) is 0 Å². The van der Waals surface area contributed by atoms with E-state index in [4.69, 9.17) is 13.9 Å². The molecule has 6 nitrogen and oxygen atoms in total. The molecule has 0 atom stereocenters. The van der Waals surface area contributed by atoms with Crippen LogP contribution in [0, 0.1) is 0 Å². The predicted molar refractivity (Wildman–Crippen MR) is 79.2 cm³/mol. The Labute approximate surface area is 126 Å². The Bertz CT molecular complexity index is 772. The molecule has 1 heterocycles. The molecule has 0 spiro atoms. The van der Waals surface area contributed by atoms with Gasteiger partial charge in [-0.05, 0) is 39.0 Å². The number of carbonyl (C=O) groups is 2. The van der Waals surface area contributed by atoms with Crippen LogP contribution in [0.5, 0.6) is 5.75 Å². The van der Waals surface area contributed by atoms with Crippen LogP contribution >= 0.6 is 0 Å². The molecule has 0 aliphatic heterocycles. The van der Waals surface area contributed by atoms with E-state index in [1.54, 1.807) is 26.0 Å². The monoisotopic (exact) mass is 304 g/mol. The fraction of sp³-hybridized carbons (Fsp3) is 0.312. The minimum atomic E-state index is -0.698. The summed E-state index contributed by atoms with van der Waals surface area (Å²) < 4.78 is 15.3. The van der Waals surface area contributed by atoms with Crippen LogP contribution in [0.4, 0.5) is 0 Å². The van der Waals surface area contributed by atoms with E-state index in [-0.39, 0.29) is 29.6 Å². The molecule has 6 heteroatoms. The van der Waals surface area contributed by atoms with Crippen LogP contribution in [0.1, 0.15) is 31.1 Å². The van der Waals surface area contributed by atoms with Gasteiger partial charge in [0.1, 0.15) is 16.9 Å². The molecule has 1 aromatic carbocycles. The fourth-order valence-corrected chi connectivity index (χ4v) is 1.87. The number of ketones is 1. The molecule has 0 bridgehead atoms. The molecule has 0 saturated heterocycles. The van der Waals surface area contributed by atoms with E-state index in [0.717, 1.165) is 0 Å². The van der Waals surface area contributed by atoms with E-state index < -0.39 is 11.6 Å². The van der Waals surface area contributed by atoms with Crippen molar-refractivity contribution >= 4 is 22.7 Å². The zero-order chi connectivity index (χ0) is 16.3. The fourth-order valence-electron chi connectivity index (χ4n) is 1.87. The van der Waals surface area contributed by atoms with Crippen LogP contribution in [0.2, 0.25) is 0 Å². The molecule has 0 radical (unpaired) electrons. The number of esters is 1. The number of fused-ring (bicyclic) bond motifs is 1. The Hall–Kier alpha value is -2.63. The van der Waals surface area contributed by atoms with Crippen molar-refractivity contribution in [1.29, 1.82) is 0 Å². The van der Waals surface area contributed by atoms with E-state index in [0.29, 0.717) is 11.1 Å². The first kappa shape index (κ1) is 15.8. The normalized spacial score (nSPS) is 10.7. The summed E-state index contributed by atoms with van der Waals surface area (Å²) in [4.78, 5) is 34.4. The zero-order valence-electron chi connectivity index (χ0n) is 12.5. The minimum Gasteiger partial charge on any atom is -0.482 e. The van der Waals surface area contributed by atoms with Crippen molar-refractivity contribution in [2.75, 3.05) is 6.61 Å². The van der Waals surface area contributed by atoms with Gasteiger partial charge < -0.3 is 13.9 Å². The predicted octanol–water partition coefficient (Wildman–Crippen LogP) is 2.33. The number of Topliss-reactive ketones (excluding diaryl/α,β-unsaturated/α-hetero) is 1. The van der Waals surface area contributed by atoms with Crippen molar-refractivity contribution in [1.82, 2.24) is 0 Å². The maximum atomic E-state index is 11.7. The summed E-state index contributed by atoms with van der Waals surface area (Å²) in [6, 6.07) is 6.23. The van der Waals surface area contributed by atoms with Crippen LogP contribution in [-0.2, 0) is 9.53 Å². The number of ether oxygens (including phenoxy) is 2. The van der Waals surface area contributed by atoms with Crippen molar-refractivity contribution in [2.24, 2.45) is 0 Å². The topological polar surface area (TPSA) is 82.8 Å². The van der Waals surface area contributed by atoms with Gasteiger partial charge in [-0.3, -0.25) is 4.79 Å². The van der Waals surface area contributed by atoms with Crippen molar-refractivity contribution in [3.8, 4) is 5.75 Å². The lowest BCUT2D eigenvalue weighted by Gasteiger charge is -2.09. The quantitative estimate of drug-likeness (QED) is 0.479. The third-order valence-electron chi connectivity index (χ3n) is 2.81. The Balaban J connectivity index is 2.20. The number of benzene rings is 1. The molecular weight excluding hydrogens is 288 g/mol. The summed E-state index contributed by atoms with van der Waals surface area (Å²) in [5.41, 5.74) is -0.414. The van der Waals surface area contributed by atoms with Gasteiger partial charge in [0.05, 0.1) is 6.10 Å². The van der Waals surface area contributed by atoms with Gasteiger partial charge in [-0.1, -0.05) is 0 Å². The lowest BCUT2D eigenvalue weighted by atomic mass is 10.1. The van der Waals surface area contributed by atoms with Crippen molar-refractivity contribution in [3.05, 3.63) is 40.2 Å². The highest BCUT2D eigenvalue weighted by Crippen LogP contribution is 2.20. The standard InChI is InChI=1S/C16H16O6/c1-9(2)21-15(18)8-20-12-5-4-11-6-13(10(3)17)16(19)22-14(11)7-12/h4-7,9H,8H2,1-3H3. The van der Waals surface area contributed by atoms with E-state index in [9.17, 15) is 14.4 Å². The lowest BCUT2D eigenvalue weighted by molar-refractivity contribution is -0.149. The Kier molecular flexibility index (Phi) is 4.60. The van der Waals surface area contributed by atoms with Crippen molar-refractivity contribution < 1.29 is 23.5 Å². The van der Waals surface area contributed by atoms with Gasteiger partial charge >= 0.3 is 11.6 Å². The summed E-state index contributed by atoms with van der Waals surface area (Å²) in [6.45, 7) is 4.56. The van der Waals surface area contributed by atoms with E-state index in [1.165, 1.54) is 19.1 Å². The smallest absolute Gasteiger partial charge is 0.347 e. The van der Waals surface area contributed by atoms with Gasteiger partial charge in [0.2, 0.25) is 0 Å². The first-order valence-corrected chi connectivity index (χ1v) is 6.78. The number of rotatable bonds is 5. The molecule has 2 rings (SSSR count). The van der Waals surface area contributed by atoms with E-state index in [1.807, 2.05) is 0 Å². The first-order valence-electron chi connectivity index (χ1n) is 6.78. The second-order valence-electron chi connectivity index (χ2n) is 5.03. The third-order valence-corrected chi connectivity index (χ3v) is 2.81. The molecule has 0 aliphatic carbocycles. The summed E-state index contributed by atoms with van der Waals surface area (Å²) in [7, 11) is 0. The highest BCUT2D eigenvalue weighted by atomic mass is 16.6.